The summed E-state index contributed by atoms with van der Waals surface area (Å²) in [6.07, 6.45) is 2.22. The molecule has 1 atom stereocenters. The number of sulfonamides is 1. The number of carbonyl (C=O) groups excluding carboxylic acids is 1. The number of carbonyl (C=O) groups is 1. The van der Waals surface area contributed by atoms with Crippen molar-refractivity contribution in [1.82, 2.24) is 19.1 Å². The Morgan fingerprint density at radius 2 is 1.96 bits per heavy atom. The quantitative estimate of drug-likeness (QED) is 0.754. The maximum absolute atomic E-state index is 13.2. The number of benzene rings is 1. The number of fused-ring (bicyclic) bond motifs is 1. The fourth-order valence-corrected chi connectivity index (χ4v) is 5.09. The molecule has 0 bridgehead atoms. The first-order valence-electron chi connectivity index (χ1n) is 8.54. The molecule has 0 radical (unpaired) electrons. The monoisotopic (exact) mass is 376 g/mol. The van der Waals surface area contributed by atoms with Crippen molar-refractivity contribution in [2.45, 2.75) is 43.2 Å². The largest absolute Gasteiger partial charge is 0.465 e. The van der Waals surface area contributed by atoms with Gasteiger partial charge >= 0.3 is 5.97 Å². The van der Waals surface area contributed by atoms with E-state index in [0.29, 0.717) is 18.3 Å². The molecule has 2 aliphatic rings. The Bertz CT molecular complexity index is 965. The normalized spacial score (nSPS) is 20.6. The number of rotatable bonds is 4. The van der Waals surface area contributed by atoms with Gasteiger partial charge in [-0.05, 0) is 31.9 Å². The fourth-order valence-electron chi connectivity index (χ4n) is 3.44. The maximum Gasteiger partial charge on any atom is 0.339 e. The molecule has 1 aliphatic carbocycles. The van der Waals surface area contributed by atoms with Gasteiger partial charge in [-0.15, -0.1) is 10.2 Å². The van der Waals surface area contributed by atoms with Gasteiger partial charge in [-0.25, -0.2) is 13.2 Å². The van der Waals surface area contributed by atoms with Crippen LogP contribution in [0.1, 0.15) is 53.7 Å². The lowest BCUT2D eigenvalue weighted by Gasteiger charge is -2.32. The van der Waals surface area contributed by atoms with E-state index in [2.05, 4.69) is 14.8 Å². The predicted molar refractivity (Wildman–Crippen MR) is 92.1 cm³/mol. The molecular formula is C17H20N4O4S. The molecule has 26 heavy (non-hydrogen) atoms. The minimum atomic E-state index is -3.87. The van der Waals surface area contributed by atoms with Crippen molar-refractivity contribution in [3.05, 3.63) is 41.5 Å². The number of aromatic nitrogens is 3. The van der Waals surface area contributed by atoms with Crippen LogP contribution in [0.3, 0.4) is 0 Å². The lowest BCUT2D eigenvalue weighted by Crippen LogP contribution is -2.41. The van der Waals surface area contributed by atoms with Gasteiger partial charge in [-0.1, -0.05) is 12.1 Å². The SMILES string of the molecule is COC(=O)c1ccccc1S(=O)(=O)N1Cc2nnc(C3CC3)n2[C@@H](C)C1. The summed E-state index contributed by atoms with van der Waals surface area (Å²) in [7, 11) is -2.63. The Balaban J connectivity index is 1.71. The van der Waals surface area contributed by atoms with Gasteiger partial charge in [0.1, 0.15) is 11.6 Å². The minimum Gasteiger partial charge on any atom is -0.465 e. The zero-order chi connectivity index (χ0) is 18.5. The van der Waals surface area contributed by atoms with E-state index in [0.717, 1.165) is 18.7 Å². The number of nitrogens with zero attached hydrogens (tertiary/aromatic N) is 4. The Labute approximate surface area is 151 Å². The van der Waals surface area contributed by atoms with Gasteiger partial charge in [0, 0.05) is 18.5 Å². The number of methoxy groups -OCH3 is 1. The van der Waals surface area contributed by atoms with E-state index in [1.165, 1.54) is 23.5 Å². The summed E-state index contributed by atoms with van der Waals surface area (Å²) < 4.78 is 34.5. The standard InChI is InChI=1S/C17H20N4O4S/c1-11-9-20(10-15-18-19-16(21(11)15)12-7-8-12)26(23,24)14-6-4-3-5-13(14)17(22)25-2/h3-6,11-12H,7-10H2,1-2H3/t11-/m0/s1. The molecule has 1 aliphatic heterocycles. The van der Waals surface area contributed by atoms with Crippen LogP contribution in [0.4, 0.5) is 0 Å². The second-order valence-electron chi connectivity index (χ2n) is 6.75. The van der Waals surface area contributed by atoms with Crippen LogP contribution in [0.25, 0.3) is 0 Å². The number of hydrogen-bond acceptors (Lipinski definition) is 6. The number of ether oxygens (including phenoxy) is 1. The third-order valence-electron chi connectivity index (χ3n) is 4.87. The molecule has 2 aromatic rings. The van der Waals surface area contributed by atoms with Crippen LogP contribution in [-0.2, 0) is 21.3 Å². The lowest BCUT2D eigenvalue weighted by molar-refractivity contribution is 0.0596. The van der Waals surface area contributed by atoms with E-state index in [-0.39, 0.29) is 23.0 Å². The third kappa shape index (κ3) is 2.71. The highest BCUT2D eigenvalue weighted by molar-refractivity contribution is 7.89. The molecule has 9 heteroatoms. The van der Waals surface area contributed by atoms with Crippen LogP contribution in [0.15, 0.2) is 29.2 Å². The lowest BCUT2D eigenvalue weighted by atomic mass is 10.2. The summed E-state index contributed by atoms with van der Waals surface area (Å²) in [5.74, 6) is 1.37. The first-order valence-corrected chi connectivity index (χ1v) is 9.98. The van der Waals surface area contributed by atoms with Crippen LogP contribution >= 0.6 is 0 Å². The van der Waals surface area contributed by atoms with Crippen molar-refractivity contribution in [3.8, 4) is 0 Å². The first-order chi connectivity index (χ1) is 12.4. The smallest absolute Gasteiger partial charge is 0.339 e. The van der Waals surface area contributed by atoms with Gasteiger partial charge in [0.05, 0.1) is 24.1 Å². The summed E-state index contributed by atoms with van der Waals surface area (Å²) in [6.45, 7) is 2.41. The van der Waals surface area contributed by atoms with Gasteiger partial charge in [-0.2, -0.15) is 4.31 Å². The fraction of sp³-hybridized carbons (Fsp3) is 0.471. The molecule has 0 N–H and O–H groups in total. The Kier molecular flexibility index (Phi) is 4.07. The Hall–Kier alpha value is -2.26. The molecule has 138 valence electrons. The molecule has 0 saturated heterocycles. The molecule has 1 aromatic carbocycles. The van der Waals surface area contributed by atoms with Crippen molar-refractivity contribution in [1.29, 1.82) is 0 Å². The van der Waals surface area contributed by atoms with Gasteiger partial charge in [-0.3, -0.25) is 0 Å². The van der Waals surface area contributed by atoms with Crippen LogP contribution in [-0.4, -0.2) is 47.1 Å². The van der Waals surface area contributed by atoms with E-state index in [9.17, 15) is 13.2 Å². The summed E-state index contributed by atoms with van der Waals surface area (Å²) >= 11 is 0. The molecule has 1 saturated carbocycles. The molecule has 1 aromatic heterocycles. The van der Waals surface area contributed by atoms with Crippen molar-refractivity contribution in [3.63, 3.8) is 0 Å². The number of esters is 1. The van der Waals surface area contributed by atoms with E-state index in [1.807, 2.05) is 6.92 Å². The van der Waals surface area contributed by atoms with Gasteiger partial charge < -0.3 is 9.30 Å². The first kappa shape index (κ1) is 17.2. The minimum absolute atomic E-state index is 0.0355. The van der Waals surface area contributed by atoms with Crippen molar-refractivity contribution in [2.75, 3.05) is 13.7 Å². The van der Waals surface area contributed by atoms with Gasteiger partial charge in [0.2, 0.25) is 10.0 Å². The zero-order valence-electron chi connectivity index (χ0n) is 14.6. The highest BCUT2D eigenvalue weighted by Gasteiger charge is 2.38. The zero-order valence-corrected chi connectivity index (χ0v) is 15.4. The van der Waals surface area contributed by atoms with E-state index < -0.39 is 16.0 Å². The predicted octanol–water partition coefficient (Wildman–Crippen LogP) is 1.71. The summed E-state index contributed by atoms with van der Waals surface area (Å²) in [5, 5.41) is 8.49. The van der Waals surface area contributed by atoms with E-state index in [1.54, 1.807) is 12.1 Å². The molecule has 0 unspecified atom stereocenters. The number of hydrogen-bond donors (Lipinski definition) is 0. The van der Waals surface area contributed by atoms with E-state index in [4.69, 9.17) is 4.74 Å². The van der Waals surface area contributed by atoms with E-state index >= 15 is 0 Å². The van der Waals surface area contributed by atoms with Crippen LogP contribution in [0.5, 0.6) is 0 Å². The molecule has 2 heterocycles. The average Bonchev–Trinajstić information content (AvgIpc) is 3.40. The van der Waals surface area contributed by atoms with Crippen molar-refractivity contribution >= 4 is 16.0 Å². The molecule has 1 fully saturated rings. The van der Waals surface area contributed by atoms with Crippen LogP contribution in [0, 0.1) is 0 Å². The second-order valence-corrected chi connectivity index (χ2v) is 8.66. The molecule has 0 amide bonds. The van der Waals surface area contributed by atoms with Crippen molar-refractivity contribution in [2.24, 2.45) is 0 Å². The second kappa shape index (κ2) is 6.17. The third-order valence-corrected chi connectivity index (χ3v) is 6.74. The van der Waals surface area contributed by atoms with Crippen LogP contribution in [0.2, 0.25) is 0 Å². The molecule has 0 spiro atoms. The van der Waals surface area contributed by atoms with Gasteiger partial charge in [0.25, 0.3) is 0 Å². The molecular weight excluding hydrogens is 356 g/mol. The maximum atomic E-state index is 13.2. The summed E-state index contributed by atoms with van der Waals surface area (Å²) in [6, 6.07) is 6.04. The average molecular weight is 376 g/mol. The Morgan fingerprint density at radius 3 is 2.65 bits per heavy atom. The highest BCUT2D eigenvalue weighted by atomic mass is 32.2. The van der Waals surface area contributed by atoms with Gasteiger partial charge in [0.15, 0.2) is 0 Å². The molecule has 8 nitrogen and oxygen atoms in total. The summed E-state index contributed by atoms with van der Waals surface area (Å²) in [4.78, 5) is 11.9. The summed E-state index contributed by atoms with van der Waals surface area (Å²) in [5.41, 5.74) is 0.0355. The van der Waals surface area contributed by atoms with Crippen molar-refractivity contribution < 1.29 is 17.9 Å². The highest BCUT2D eigenvalue weighted by Crippen LogP contribution is 2.41. The Morgan fingerprint density at radius 1 is 1.23 bits per heavy atom. The topological polar surface area (TPSA) is 94.4 Å². The molecule has 4 rings (SSSR count). The van der Waals surface area contributed by atoms with Crippen LogP contribution < -0.4 is 0 Å².